The van der Waals surface area contributed by atoms with E-state index in [1.54, 1.807) is 0 Å². The molecule has 1 aliphatic rings. The van der Waals surface area contributed by atoms with E-state index in [2.05, 4.69) is 46.3 Å². The Labute approximate surface area is 164 Å². The number of nitrogens with zero attached hydrogens (tertiary/aromatic N) is 3. The molecule has 0 aliphatic carbocycles. The van der Waals surface area contributed by atoms with Gasteiger partial charge < -0.3 is 19.8 Å². The average molecular weight is 380 g/mol. The van der Waals surface area contributed by atoms with Crippen LogP contribution in [0.1, 0.15) is 51.0 Å². The number of oxazole rings is 1. The monoisotopic (exact) mass is 379 g/mol. The summed E-state index contributed by atoms with van der Waals surface area (Å²) in [5.74, 6) is 3.00. The van der Waals surface area contributed by atoms with Gasteiger partial charge >= 0.3 is 0 Å². The van der Waals surface area contributed by atoms with E-state index in [1.807, 2.05) is 13.8 Å². The molecule has 1 unspecified atom stereocenters. The van der Waals surface area contributed by atoms with Gasteiger partial charge in [0.1, 0.15) is 12.3 Å². The van der Waals surface area contributed by atoms with Gasteiger partial charge in [0.15, 0.2) is 5.96 Å². The minimum Gasteiger partial charge on any atom is -0.444 e. The molecule has 1 fully saturated rings. The van der Waals surface area contributed by atoms with Crippen molar-refractivity contribution in [3.63, 3.8) is 0 Å². The van der Waals surface area contributed by atoms with Crippen molar-refractivity contribution in [3.05, 3.63) is 17.3 Å². The van der Waals surface area contributed by atoms with Crippen molar-refractivity contribution in [2.75, 3.05) is 39.4 Å². The summed E-state index contributed by atoms with van der Waals surface area (Å²) >= 11 is 0. The molecule has 7 nitrogen and oxygen atoms in total. The lowest BCUT2D eigenvalue weighted by Crippen LogP contribution is -2.53. The minimum absolute atomic E-state index is 0.442. The van der Waals surface area contributed by atoms with E-state index in [-0.39, 0.29) is 0 Å². The highest BCUT2D eigenvalue weighted by atomic mass is 16.5. The van der Waals surface area contributed by atoms with Crippen LogP contribution in [0.4, 0.5) is 0 Å². The molecule has 2 rings (SSSR count). The first-order chi connectivity index (χ1) is 13.1. The molecule has 1 atom stereocenters. The fourth-order valence-corrected chi connectivity index (χ4v) is 3.63. The van der Waals surface area contributed by atoms with Gasteiger partial charge in [-0.15, -0.1) is 0 Å². The summed E-state index contributed by atoms with van der Waals surface area (Å²) in [6.45, 7) is 16.3. The predicted octanol–water partition coefficient (Wildman–Crippen LogP) is 2.48. The molecule has 27 heavy (non-hydrogen) atoms. The lowest BCUT2D eigenvalue weighted by molar-refractivity contribution is 0.00272. The number of ether oxygens (including phenoxy) is 1. The normalized spacial score (nSPS) is 17.3. The average Bonchev–Trinajstić information content (AvgIpc) is 3.01. The standard InChI is InChI=1S/C20H37N5O2/c1-6-17(7-2)18(25-9-11-26-12-10-25)13-22-20(21-8-3)23-14-19-24-15(4)16(5)27-19/h17-18H,6-14H2,1-5H3,(H2,21,22,23). The highest BCUT2D eigenvalue weighted by Crippen LogP contribution is 2.19. The Morgan fingerprint density at radius 2 is 1.85 bits per heavy atom. The Bertz CT molecular complexity index is 557. The molecule has 2 N–H and O–H groups in total. The fraction of sp³-hybridized carbons (Fsp3) is 0.800. The van der Waals surface area contributed by atoms with Crippen LogP contribution < -0.4 is 10.6 Å². The Balaban J connectivity index is 2.01. The zero-order chi connectivity index (χ0) is 19.6. The van der Waals surface area contributed by atoms with Crippen LogP contribution in [0.3, 0.4) is 0 Å². The van der Waals surface area contributed by atoms with E-state index < -0.39 is 0 Å². The van der Waals surface area contributed by atoms with Gasteiger partial charge in [0.05, 0.1) is 18.9 Å². The molecule has 154 valence electrons. The van der Waals surface area contributed by atoms with Gasteiger partial charge in [-0.05, 0) is 26.7 Å². The van der Waals surface area contributed by atoms with Gasteiger partial charge in [-0.1, -0.05) is 26.7 Å². The number of aromatic nitrogens is 1. The molecular formula is C20H37N5O2. The van der Waals surface area contributed by atoms with Crippen molar-refractivity contribution in [1.29, 1.82) is 0 Å². The van der Waals surface area contributed by atoms with Crippen LogP contribution >= 0.6 is 0 Å². The fourth-order valence-electron chi connectivity index (χ4n) is 3.63. The van der Waals surface area contributed by atoms with Crippen LogP contribution in [0.15, 0.2) is 9.41 Å². The van der Waals surface area contributed by atoms with Crippen LogP contribution in [-0.4, -0.2) is 61.3 Å². The maximum atomic E-state index is 5.64. The number of aryl methyl sites for hydroxylation is 2. The van der Waals surface area contributed by atoms with Crippen molar-refractivity contribution >= 4 is 5.96 Å². The number of nitrogens with one attached hydrogen (secondary N) is 2. The quantitative estimate of drug-likeness (QED) is 0.507. The Hall–Kier alpha value is -1.60. The summed E-state index contributed by atoms with van der Waals surface area (Å²) < 4.78 is 11.2. The highest BCUT2D eigenvalue weighted by Gasteiger charge is 2.27. The lowest BCUT2D eigenvalue weighted by atomic mass is 9.92. The third-order valence-corrected chi connectivity index (χ3v) is 5.38. The zero-order valence-corrected chi connectivity index (χ0v) is 17.7. The van der Waals surface area contributed by atoms with Crippen LogP contribution in [0.25, 0.3) is 0 Å². The number of rotatable bonds is 9. The molecule has 1 saturated heterocycles. The van der Waals surface area contributed by atoms with Crippen molar-refractivity contribution in [1.82, 2.24) is 20.5 Å². The number of hydrogen-bond donors (Lipinski definition) is 2. The van der Waals surface area contributed by atoms with Gasteiger partial charge in [0.25, 0.3) is 0 Å². The Morgan fingerprint density at radius 3 is 2.41 bits per heavy atom. The van der Waals surface area contributed by atoms with Crippen LogP contribution in [0, 0.1) is 19.8 Å². The molecule has 0 saturated carbocycles. The summed E-state index contributed by atoms with van der Waals surface area (Å²) in [5.41, 5.74) is 0.930. The van der Waals surface area contributed by atoms with E-state index in [0.29, 0.717) is 24.4 Å². The molecule has 0 amide bonds. The molecule has 2 heterocycles. The Morgan fingerprint density at radius 1 is 1.15 bits per heavy atom. The molecule has 1 aromatic heterocycles. The Kier molecular flexibility index (Phi) is 9.07. The van der Waals surface area contributed by atoms with Crippen LogP contribution in [-0.2, 0) is 11.3 Å². The first-order valence-corrected chi connectivity index (χ1v) is 10.4. The zero-order valence-electron chi connectivity index (χ0n) is 17.7. The van der Waals surface area contributed by atoms with Gasteiger partial charge in [0.2, 0.25) is 5.89 Å². The summed E-state index contributed by atoms with van der Waals surface area (Å²) in [4.78, 5) is 11.6. The summed E-state index contributed by atoms with van der Waals surface area (Å²) in [6, 6.07) is 0.485. The second-order valence-corrected chi connectivity index (χ2v) is 7.12. The van der Waals surface area contributed by atoms with Crippen LogP contribution in [0.2, 0.25) is 0 Å². The number of guanidine groups is 1. The molecule has 0 bridgehead atoms. The number of aliphatic imine (C=N–C) groups is 1. The lowest BCUT2D eigenvalue weighted by Gasteiger charge is -2.39. The van der Waals surface area contributed by atoms with E-state index >= 15 is 0 Å². The molecule has 0 radical (unpaired) electrons. The van der Waals surface area contributed by atoms with E-state index in [9.17, 15) is 0 Å². The predicted molar refractivity (Wildman–Crippen MR) is 109 cm³/mol. The molecule has 0 aromatic carbocycles. The highest BCUT2D eigenvalue weighted by molar-refractivity contribution is 5.79. The molecule has 1 aromatic rings. The van der Waals surface area contributed by atoms with E-state index in [4.69, 9.17) is 9.15 Å². The second kappa shape index (κ2) is 11.3. The van der Waals surface area contributed by atoms with Gasteiger partial charge in [-0.3, -0.25) is 4.90 Å². The second-order valence-electron chi connectivity index (χ2n) is 7.12. The summed E-state index contributed by atoms with van der Waals surface area (Å²) in [6.07, 6.45) is 2.37. The van der Waals surface area contributed by atoms with Crippen molar-refractivity contribution in [3.8, 4) is 0 Å². The van der Waals surface area contributed by atoms with Crippen molar-refractivity contribution in [2.45, 2.75) is 60.0 Å². The topological polar surface area (TPSA) is 74.9 Å². The van der Waals surface area contributed by atoms with Crippen molar-refractivity contribution < 1.29 is 9.15 Å². The smallest absolute Gasteiger partial charge is 0.216 e. The van der Waals surface area contributed by atoms with Gasteiger partial charge in [0, 0.05) is 32.2 Å². The molecular weight excluding hydrogens is 342 g/mol. The summed E-state index contributed by atoms with van der Waals surface area (Å²) in [7, 11) is 0. The van der Waals surface area contributed by atoms with Crippen molar-refractivity contribution in [2.24, 2.45) is 10.9 Å². The first-order valence-electron chi connectivity index (χ1n) is 10.4. The minimum atomic E-state index is 0.442. The molecule has 0 spiro atoms. The van der Waals surface area contributed by atoms with Gasteiger partial charge in [-0.2, -0.15) is 0 Å². The maximum Gasteiger partial charge on any atom is 0.216 e. The largest absolute Gasteiger partial charge is 0.444 e. The van der Waals surface area contributed by atoms with E-state index in [0.717, 1.165) is 56.8 Å². The van der Waals surface area contributed by atoms with E-state index in [1.165, 1.54) is 12.8 Å². The third-order valence-electron chi connectivity index (χ3n) is 5.38. The van der Waals surface area contributed by atoms with Crippen LogP contribution in [0.5, 0.6) is 0 Å². The SMILES string of the molecule is CCNC(=NCc1nc(C)c(C)o1)NCC(C(CC)CC)N1CCOCC1. The van der Waals surface area contributed by atoms with Gasteiger partial charge in [-0.25, -0.2) is 9.98 Å². The summed E-state index contributed by atoms with van der Waals surface area (Å²) in [5, 5.41) is 6.88. The molecule has 1 aliphatic heterocycles. The maximum absolute atomic E-state index is 5.64. The number of hydrogen-bond acceptors (Lipinski definition) is 5. The molecule has 7 heteroatoms. The number of morpholine rings is 1. The third kappa shape index (κ3) is 6.50. The first kappa shape index (κ1) is 21.7.